The van der Waals surface area contributed by atoms with Gasteiger partial charge in [-0.1, -0.05) is 121 Å². The summed E-state index contributed by atoms with van der Waals surface area (Å²) in [6.45, 7) is 5.96. The molecule has 1 aromatic rings. The van der Waals surface area contributed by atoms with Crippen LogP contribution in [0.3, 0.4) is 0 Å². The van der Waals surface area contributed by atoms with Crippen molar-refractivity contribution in [2.24, 2.45) is 0 Å². The van der Waals surface area contributed by atoms with Gasteiger partial charge in [0, 0.05) is 31.5 Å². The van der Waals surface area contributed by atoms with Crippen molar-refractivity contribution in [1.82, 2.24) is 10.2 Å². The van der Waals surface area contributed by atoms with Crippen LogP contribution in [-0.4, -0.2) is 54.2 Å². The summed E-state index contributed by atoms with van der Waals surface area (Å²) >= 11 is 1.74. The SMILES string of the molecule is CCCCCCCCCCCCCCCCCCNC(=O)OCC(COP(O)Oc1ccccc1CN1C=CSC1)OCC. The van der Waals surface area contributed by atoms with Crippen LogP contribution in [0.4, 0.5) is 4.79 Å². The maximum absolute atomic E-state index is 12.2. The van der Waals surface area contributed by atoms with Crippen LogP contribution >= 0.6 is 20.4 Å². The van der Waals surface area contributed by atoms with E-state index in [2.05, 4.69) is 22.5 Å². The van der Waals surface area contributed by atoms with Crippen molar-refractivity contribution in [3.8, 4) is 5.75 Å². The molecule has 2 rings (SSSR count). The van der Waals surface area contributed by atoms with Gasteiger partial charge in [-0.25, -0.2) is 4.79 Å². The van der Waals surface area contributed by atoms with Gasteiger partial charge in [0.05, 0.1) is 12.5 Å². The minimum atomic E-state index is -2.16. The van der Waals surface area contributed by atoms with Crippen molar-refractivity contribution in [2.45, 2.75) is 129 Å². The number of carbonyl (C=O) groups is 1. The van der Waals surface area contributed by atoms with Crippen molar-refractivity contribution in [3.05, 3.63) is 41.4 Å². The van der Waals surface area contributed by atoms with Crippen molar-refractivity contribution in [3.63, 3.8) is 0 Å². The van der Waals surface area contributed by atoms with E-state index < -0.39 is 20.8 Å². The van der Waals surface area contributed by atoms with Crippen LogP contribution in [0.1, 0.15) is 122 Å². The van der Waals surface area contributed by atoms with E-state index >= 15 is 0 Å². The summed E-state index contributed by atoms with van der Waals surface area (Å²) in [5, 5.41) is 4.88. The number of nitrogens with zero attached hydrogens (tertiary/aromatic N) is 1. The molecule has 0 aliphatic carbocycles. The average Bonchev–Trinajstić information content (AvgIpc) is 3.54. The van der Waals surface area contributed by atoms with Crippen LogP contribution in [0.2, 0.25) is 0 Å². The van der Waals surface area contributed by atoms with Crippen molar-refractivity contribution in [2.75, 3.05) is 32.2 Å². The molecule has 1 aliphatic heterocycles. The number of para-hydroxylation sites is 1. The maximum atomic E-state index is 12.2. The normalized spacial score (nSPS) is 14.1. The molecule has 2 atom stereocenters. The number of rotatable bonds is 28. The lowest BCUT2D eigenvalue weighted by molar-refractivity contribution is -0.0151. The first-order valence-corrected chi connectivity index (χ1v) is 19.2. The number of unbranched alkanes of at least 4 members (excludes halogenated alkanes) is 15. The fourth-order valence-corrected chi connectivity index (χ4v) is 6.48. The van der Waals surface area contributed by atoms with Gasteiger partial charge in [-0.3, -0.25) is 4.52 Å². The average molecular weight is 655 g/mol. The minimum absolute atomic E-state index is 0.0390. The lowest BCUT2D eigenvalue weighted by Crippen LogP contribution is -2.31. The highest BCUT2D eigenvalue weighted by atomic mass is 32.2. The molecule has 2 N–H and O–H groups in total. The zero-order valence-electron chi connectivity index (χ0n) is 27.4. The molecule has 0 fully saturated rings. The molecule has 8 nitrogen and oxygen atoms in total. The van der Waals surface area contributed by atoms with Gasteiger partial charge in [-0.2, -0.15) is 0 Å². The Hall–Kier alpha value is -1.51. The van der Waals surface area contributed by atoms with E-state index in [4.69, 9.17) is 18.5 Å². The molecular weight excluding hydrogens is 595 g/mol. The van der Waals surface area contributed by atoms with Gasteiger partial charge in [-0.15, -0.1) is 11.8 Å². The zero-order chi connectivity index (χ0) is 31.5. The van der Waals surface area contributed by atoms with Crippen molar-refractivity contribution in [1.29, 1.82) is 0 Å². The predicted octanol–water partition coefficient (Wildman–Crippen LogP) is 9.67. The van der Waals surface area contributed by atoms with Gasteiger partial charge in [0.2, 0.25) is 0 Å². The summed E-state index contributed by atoms with van der Waals surface area (Å²) in [6.07, 6.45) is 22.3. The lowest BCUT2D eigenvalue weighted by Gasteiger charge is -2.21. The molecule has 2 unspecified atom stereocenters. The van der Waals surface area contributed by atoms with Gasteiger partial charge in [0.1, 0.15) is 18.5 Å². The Morgan fingerprint density at radius 1 is 0.909 bits per heavy atom. The second kappa shape index (κ2) is 26.7. The second-order valence-corrected chi connectivity index (χ2v) is 13.2. The standard InChI is InChI=1S/C34H59N2O6PS/c1-3-5-6-7-8-9-10-11-12-13-14-15-16-17-18-21-24-35-34(37)40-28-32(39-4-2)29-41-43(38)42-33-23-20-19-22-31(33)27-36-25-26-44-30-36/h19-20,22-23,25-26,32,38H,3-18,21,24,27-30H2,1-2H3,(H,35,37). The molecule has 10 heteroatoms. The van der Waals surface area contributed by atoms with Crippen LogP contribution in [0.15, 0.2) is 35.9 Å². The number of nitrogens with one attached hydrogen (secondary N) is 1. The Labute approximate surface area is 273 Å². The highest BCUT2D eigenvalue weighted by Gasteiger charge is 2.19. The highest BCUT2D eigenvalue weighted by molar-refractivity contribution is 8.02. The number of hydrogen-bond acceptors (Lipinski definition) is 8. The lowest BCUT2D eigenvalue weighted by atomic mass is 10.0. The Balaban J connectivity index is 1.46. The zero-order valence-corrected chi connectivity index (χ0v) is 29.1. The van der Waals surface area contributed by atoms with Gasteiger partial charge in [0.25, 0.3) is 0 Å². The van der Waals surface area contributed by atoms with Crippen LogP contribution in [0.25, 0.3) is 0 Å². The number of amides is 1. The van der Waals surface area contributed by atoms with Gasteiger partial charge < -0.3 is 29.1 Å². The molecule has 0 aromatic heterocycles. The number of thioether (sulfide) groups is 1. The predicted molar refractivity (Wildman–Crippen MR) is 184 cm³/mol. The molecule has 44 heavy (non-hydrogen) atoms. The summed E-state index contributed by atoms with van der Waals surface area (Å²) in [4.78, 5) is 24.7. The fraction of sp³-hybridized carbons (Fsp3) is 0.735. The highest BCUT2D eigenvalue weighted by Crippen LogP contribution is 2.37. The first kappa shape index (κ1) is 38.7. The quantitative estimate of drug-likeness (QED) is 0.0682. The van der Waals surface area contributed by atoms with E-state index in [1.54, 1.807) is 11.8 Å². The smallest absolute Gasteiger partial charge is 0.407 e. The molecule has 0 radical (unpaired) electrons. The molecule has 252 valence electrons. The van der Waals surface area contributed by atoms with Gasteiger partial charge in [-0.05, 0) is 24.8 Å². The Morgan fingerprint density at radius 2 is 1.52 bits per heavy atom. The number of alkyl carbamates (subject to hydrolysis) is 1. The molecule has 1 aliphatic rings. The number of carbonyl (C=O) groups excluding carboxylic acids is 1. The summed E-state index contributed by atoms with van der Waals surface area (Å²) in [5.41, 5.74) is 0.968. The number of ether oxygens (including phenoxy) is 2. The van der Waals surface area contributed by atoms with Crippen molar-refractivity contribution < 1.29 is 28.2 Å². The van der Waals surface area contributed by atoms with Crippen LogP contribution in [0.5, 0.6) is 5.75 Å². The maximum Gasteiger partial charge on any atom is 0.407 e. The third-order valence-corrected chi connectivity index (χ3v) is 9.12. The third-order valence-electron chi connectivity index (χ3n) is 7.60. The monoisotopic (exact) mass is 654 g/mol. The molecular formula is C34H59N2O6PS. The molecule has 1 amide bonds. The minimum Gasteiger partial charge on any atom is -0.447 e. The summed E-state index contributed by atoms with van der Waals surface area (Å²) < 4.78 is 22.2. The van der Waals surface area contributed by atoms with Crippen molar-refractivity contribution >= 4 is 26.5 Å². The fourth-order valence-electron chi connectivity index (χ4n) is 5.07. The Kier molecular flexibility index (Phi) is 23.5. The van der Waals surface area contributed by atoms with Gasteiger partial charge >= 0.3 is 14.7 Å². The summed E-state index contributed by atoms with van der Waals surface area (Å²) in [6, 6.07) is 7.62. The molecule has 0 spiro atoms. The largest absolute Gasteiger partial charge is 0.447 e. The van der Waals surface area contributed by atoms with E-state index in [1.807, 2.05) is 37.4 Å². The topological polar surface area (TPSA) is 89.5 Å². The summed E-state index contributed by atoms with van der Waals surface area (Å²) in [5.74, 6) is 1.48. The van der Waals surface area contributed by atoms with Crippen LogP contribution < -0.4 is 9.84 Å². The Bertz CT molecular complexity index is 880. The second-order valence-electron chi connectivity index (χ2n) is 11.5. The number of benzene rings is 1. The van der Waals surface area contributed by atoms with E-state index in [0.29, 0.717) is 25.4 Å². The van der Waals surface area contributed by atoms with E-state index in [-0.39, 0.29) is 13.2 Å². The number of hydrogen-bond donors (Lipinski definition) is 2. The molecule has 0 saturated heterocycles. The summed E-state index contributed by atoms with van der Waals surface area (Å²) in [7, 11) is -2.16. The van der Waals surface area contributed by atoms with E-state index in [0.717, 1.165) is 24.3 Å². The Morgan fingerprint density at radius 3 is 2.11 bits per heavy atom. The molecule has 0 bridgehead atoms. The molecule has 1 heterocycles. The van der Waals surface area contributed by atoms with E-state index in [1.165, 1.54) is 89.9 Å². The molecule has 0 saturated carbocycles. The molecule has 1 aromatic carbocycles. The van der Waals surface area contributed by atoms with Gasteiger partial charge in [0.15, 0.2) is 0 Å². The third kappa shape index (κ3) is 19.8. The van der Waals surface area contributed by atoms with Crippen LogP contribution in [-0.2, 0) is 20.5 Å². The first-order valence-electron chi connectivity index (χ1n) is 17.0. The van der Waals surface area contributed by atoms with E-state index in [9.17, 15) is 9.69 Å². The first-order chi connectivity index (χ1) is 21.6. The van der Waals surface area contributed by atoms with Crippen LogP contribution in [0, 0.1) is 0 Å².